The first-order chi connectivity index (χ1) is 4.13. The third kappa shape index (κ3) is 1.44. The molecule has 9 heavy (non-hydrogen) atoms. The molecule has 1 heteroatoms. The van der Waals surface area contributed by atoms with Gasteiger partial charge in [0.2, 0.25) is 0 Å². The Morgan fingerprint density at radius 1 is 0.778 bits per heavy atom. The van der Waals surface area contributed by atoms with Crippen LogP contribution in [-0.4, -0.2) is 20.9 Å². The van der Waals surface area contributed by atoms with Gasteiger partial charge in [-0.3, -0.25) is 0 Å². The van der Waals surface area contributed by atoms with Gasteiger partial charge in [0.15, 0.2) is 0 Å². The zero-order chi connectivity index (χ0) is 7.02. The third-order valence-corrected chi connectivity index (χ3v) is 7.64. The summed E-state index contributed by atoms with van der Waals surface area (Å²) in [5.74, 6) is 2.03. The third-order valence-electron chi connectivity index (χ3n) is 2.74. The van der Waals surface area contributed by atoms with Gasteiger partial charge in [-0.2, -0.15) is 0 Å². The van der Waals surface area contributed by atoms with Crippen LogP contribution in [0.15, 0.2) is 0 Å². The van der Waals surface area contributed by atoms with Crippen LogP contribution < -0.4 is 0 Å². The monoisotopic (exact) mass is 242 g/mol. The van der Waals surface area contributed by atoms with E-state index in [1.54, 1.807) is 0 Å². The summed E-state index contributed by atoms with van der Waals surface area (Å²) in [7, 11) is 0. The second-order valence-electron chi connectivity index (χ2n) is 3.26. The molecule has 0 N–H and O–H groups in total. The van der Waals surface area contributed by atoms with Crippen molar-refractivity contribution in [1.82, 2.24) is 0 Å². The molecule has 0 spiro atoms. The Bertz CT molecular complexity index is 88.7. The van der Waals surface area contributed by atoms with Crippen LogP contribution in [-0.2, 0) is 0 Å². The van der Waals surface area contributed by atoms with Crippen molar-refractivity contribution in [2.24, 2.45) is 11.8 Å². The van der Waals surface area contributed by atoms with Gasteiger partial charge in [0, 0.05) is 0 Å². The first kappa shape index (κ1) is 7.89. The van der Waals surface area contributed by atoms with Crippen LogP contribution in [0.1, 0.15) is 27.7 Å². The molecule has 0 aromatic rings. The second kappa shape index (κ2) is 2.80. The molecule has 0 aromatic carbocycles. The minimum absolute atomic E-state index is 0.371. The van der Waals surface area contributed by atoms with Crippen LogP contribution in [0.2, 0.25) is 7.93 Å². The molecule has 0 aromatic heterocycles. The van der Waals surface area contributed by atoms with Gasteiger partial charge in [-0.05, 0) is 0 Å². The van der Waals surface area contributed by atoms with Crippen molar-refractivity contribution in [2.75, 3.05) is 0 Å². The summed E-state index contributed by atoms with van der Waals surface area (Å²) in [4.78, 5) is 0. The summed E-state index contributed by atoms with van der Waals surface area (Å²) >= 11 is 0.371. The second-order valence-corrected chi connectivity index (χ2v) is 8.29. The van der Waals surface area contributed by atoms with Gasteiger partial charge >= 0.3 is 68.4 Å². The molecule has 0 aliphatic carbocycles. The van der Waals surface area contributed by atoms with Crippen LogP contribution in [0, 0.1) is 11.8 Å². The van der Waals surface area contributed by atoms with Crippen molar-refractivity contribution in [3.05, 3.63) is 0 Å². The molecule has 0 amide bonds. The molecule has 0 nitrogen and oxygen atoms in total. The molecule has 0 saturated carbocycles. The zero-order valence-corrected chi connectivity index (χ0v) is 9.05. The van der Waals surface area contributed by atoms with Gasteiger partial charge in [-0.15, -0.1) is 0 Å². The Morgan fingerprint density at radius 2 is 1.11 bits per heavy atom. The van der Waals surface area contributed by atoms with Crippen LogP contribution in [0.25, 0.3) is 0 Å². The van der Waals surface area contributed by atoms with Crippen LogP contribution in [0.4, 0.5) is 0 Å². The molecule has 1 aliphatic heterocycles. The van der Waals surface area contributed by atoms with Crippen LogP contribution in [0.5, 0.6) is 0 Å². The molecule has 1 aliphatic rings. The van der Waals surface area contributed by atoms with E-state index in [1.807, 2.05) is 0 Å². The van der Waals surface area contributed by atoms with Gasteiger partial charge in [0.25, 0.3) is 0 Å². The predicted octanol–water partition coefficient (Wildman–Crippen LogP) is 2.59. The van der Waals surface area contributed by atoms with Gasteiger partial charge in [0.1, 0.15) is 0 Å². The average molecular weight is 240 g/mol. The van der Waals surface area contributed by atoms with E-state index in [0.717, 1.165) is 19.8 Å². The van der Waals surface area contributed by atoms with E-state index in [-0.39, 0.29) is 0 Å². The normalized spacial score (nSPS) is 52.0. The van der Waals surface area contributed by atoms with E-state index < -0.39 is 0 Å². The van der Waals surface area contributed by atoms with E-state index in [4.69, 9.17) is 0 Å². The molecule has 1 rings (SSSR count). The fourth-order valence-electron chi connectivity index (χ4n) is 1.44. The van der Waals surface area contributed by atoms with Crippen molar-refractivity contribution < 1.29 is 0 Å². The predicted molar refractivity (Wildman–Crippen MR) is 42.9 cm³/mol. The van der Waals surface area contributed by atoms with E-state index in [0.29, 0.717) is 20.9 Å². The standard InChI is InChI=1S/C8H16Te/c1-5-6(2)8(4)9-7(5)3/h5-8H,1-4H3. The summed E-state index contributed by atoms with van der Waals surface area (Å²) in [6.07, 6.45) is 0. The topological polar surface area (TPSA) is 0 Å². The number of rotatable bonds is 0. The van der Waals surface area contributed by atoms with Gasteiger partial charge in [-0.25, -0.2) is 0 Å². The summed E-state index contributed by atoms with van der Waals surface area (Å²) in [6, 6.07) is 0. The quantitative estimate of drug-likeness (QED) is 0.570. The summed E-state index contributed by atoms with van der Waals surface area (Å²) in [6.45, 7) is 9.72. The molecular formula is C8H16Te. The maximum absolute atomic E-state index is 2.44. The summed E-state index contributed by atoms with van der Waals surface area (Å²) < 4.78 is 2.20. The van der Waals surface area contributed by atoms with E-state index in [2.05, 4.69) is 27.7 Å². The Labute approximate surface area is 68.5 Å². The van der Waals surface area contributed by atoms with Crippen molar-refractivity contribution in [1.29, 1.82) is 0 Å². The Kier molecular flexibility index (Phi) is 2.46. The van der Waals surface area contributed by atoms with Crippen molar-refractivity contribution >= 4 is 20.9 Å². The van der Waals surface area contributed by atoms with Crippen molar-refractivity contribution in [3.8, 4) is 0 Å². The summed E-state index contributed by atoms with van der Waals surface area (Å²) in [5, 5.41) is 0. The van der Waals surface area contributed by atoms with Crippen molar-refractivity contribution in [2.45, 2.75) is 35.6 Å². The fraction of sp³-hybridized carbons (Fsp3) is 1.00. The van der Waals surface area contributed by atoms with E-state index in [9.17, 15) is 0 Å². The molecule has 1 fully saturated rings. The molecule has 0 radical (unpaired) electrons. The fourth-order valence-corrected chi connectivity index (χ4v) is 6.20. The molecule has 4 unspecified atom stereocenters. The molecule has 0 bridgehead atoms. The first-order valence-corrected chi connectivity index (χ1v) is 6.47. The Hall–Kier alpha value is 0.790. The van der Waals surface area contributed by atoms with Crippen molar-refractivity contribution in [3.63, 3.8) is 0 Å². The van der Waals surface area contributed by atoms with E-state index >= 15 is 0 Å². The number of hydrogen-bond donors (Lipinski definition) is 0. The maximum atomic E-state index is 2.44. The van der Waals surface area contributed by atoms with Gasteiger partial charge in [0.05, 0.1) is 0 Å². The van der Waals surface area contributed by atoms with Crippen LogP contribution in [0.3, 0.4) is 0 Å². The molecule has 1 saturated heterocycles. The molecule has 4 atom stereocenters. The molecule has 54 valence electrons. The minimum atomic E-state index is 0.371. The van der Waals surface area contributed by atoms with Crippen LogP contribution >= 0.6 is 0 Å². The van der Waals surface area contributed by atoms with Gasteiger partial charge < -0.3 is 0 Å². The average Bonchev–Trinajstić information content (AvgIpc) is 1.98. The molecular weight excluding hydrogens is 224 g/mol. The van der Waals surface area contributed by atoms with Gasteiger partial charge in [-0.1, -0.05) is 0 Å². The molecule has 1 heterocycles. The van der Waals surface area contributed by atoms with E-state index in [1.165, 1.54) is 0 Å². The summed E-state index contributed by atoms with van der Waals surface area (Å²) in [5.41, 5.74) is 0. The number of hydrogen-bond acceptors (Lipinski definition) is 0. The Balaban J connectivity index is 2.54. The SMILES string of the molecule is CC1[Te]C(C)C(C)C1C. The zero-order valence-electron chi connectivity index (χ0n) is 6.72. The first-order valence-electron chi connectivity index (χ1n) is 3.78. The Morgan fingerprint density at radius 3 is 1.22 bits per heavy atom.